The van der Waals surface area contributed by atoms with Crippen LogP contribution in [-0.4, -0.2) is 30.0 Å². The zero-order valence-corrected chi connectivity index (χ0v) is 6.04. The minimum absolute atomic E-state index is 0.378. The highest BCUT2D eigenvalue weighted by Crippen LogP contribution is 2.21. The Kier molecular flexibility index (Phi) is 2.25. The Morgan fingerprint density at radius 2 is 2.50 bits per heavy atom. The van der Waals surface area contributed by atoms with E-state index in [-0.39, 0.29) is 6.10 Å². The van der Waals surface area contributed by atoms with Crippen molar-refractivity contribution in [3.8, 4) is 0 Å². The lowest BCUT2D eigenvalue weighted by Gasteiger charge is -2.34. The molecule has 0 aromatic heterocycles. The number of nitrogens with two attached hydrogens (primary N) is 1. The fraction of sp³-hybridized carbons (Fsp3) is 1.00. The highest BCUT2D eigenvalue weighted by Gasteiger charge is 2.35. The molecule has 0 radical (unpaired) electrons. The van der Waals surface area contributed by atoms with E-state index in [0.29, 0.717) is 19.6 Å². The van der Waals surface area contributed by atoms with Crippen molar-refractivity contribution < 1.29 is 14.7 Å². The summed E-state index contributed by atoms with van der Waals surface area (Å²) in [6, 6.07) is 0. The lowest BCUT2D eigenvalue weighted by atomic mass is 9.94. The van der Waals surface area contributed by atoms with Gasteiger partial charge in [-0.3, -0.25) is 4.84 Å². The van der Waals surface area contributed by atoms with E-state index in [0.717, 1.165) is 0 Å². The molecule has 2 atom stereocenters. The third-order valence-electron chi connectivity index (χ3n) is 1.88. The maximum atomic E-state index is 9.55. The van der Waals surface area contributed by atoms with Gasteiger partial charge in [-0.2, -0.15) is 0 Å². The fourth-order valence-electron chi connectivity index (χ4n) is 0.996. The molecule has 0 aliphatic carbocycles. The van der Waals surface area contributed by atoms with E-state index in [2.05, 4.69) is 4.84 Å². The van der Waals surface area contributed by atoms with Crippen molar-refractivity contribution >= 4 is 0 Å². The predicted octanol–water partition coefficient (Wildman–Crippen LogP) is -0.583. The van der Waals surface area contributed by atoms with Crippen molar-refractivity contribution in [2.45, 2.75) is 25.0 Å². The van der Waals surface area contributed by atoms with Gasteiger partial charge < -0.3 is 9.84 Å². The fourth-order valence-corrected chi connectivity index (χ4v) is 0.996. The van der Waals surface area contributed by atoms with Gasteiger partial charge in [-0.1, -0.05) is 0 Å². The lowest BCUT2D eigenvalue weighted by molar-refractivity contribution is -0.168. The second kappa shape index (κ2) is 2.84. The van der Waals surface area contributed by atoms with Crippen molar-refractivity contribution in [1.82, 2.24) is 0 Å². The van der Waals surface area contributed by atoms with Crippen molar-refractivity contribution in [1.29, 1.82) is 0 Å². The van der Waals surface area contributed by atoms with Crippen LogP contribution in [0.15, 0.2) is 0 Å². The van der Waals surface area contributed by atoms with Crippen molar-refractivity contribution in [3.63, 3.8) is 0 Å². The average Bonchev–Trinajstić information content (AvgIpc) is 1.87. The normalized spacial score (nSPS) is 41.7. The van der Waals surface area contributed by atoms with Crippen LogP contribution >= 0.6 is 0 Å². The molecule has 0 spiro atoms. The van der Waals surface area contributed by atoms with Crippen LogP contribution in [0.3, 0.4) is 0 Å². The molecule has 0 saturated carbocycles. The summed E-state index contributed by atoms with van der Waals surface area (Å²) in [7, 11) is 0. The van der Waals surface area contributed by atoms with Crippen LogP contribution in [0.4, 0.5) is 0 Å². The molecule has 1 saturated heterocycles. The standard InChI is InChI=1S/C6H13NO3/c1-6(8)2-3-9-4-5(6)10-7/h5,8H,2-4,7H2,1H3. The lowest BCUT2D eigenvalue weighted by Crippen LogP contribution is -2.49. The van der Waals surface area contributed by atoms with Gasteiger partial charge in [-0.05, 0) is 6.92 Å². The summed E-state index contributed by atoms with van der Waals surface area (Å²) in [5, 5.41) is 9.55. The summed E-state index contributed by atoms with van der Waals surface area (Å²) in [5.41, 5.74) is -0.826. The maximum Gasteiger partial charge on any atom is 0.130 e. The van der Waals surface area contributed by atoms with Crippen molar-refractivity contribution in [2.24, 2.45) is 5.90 Å². The largest absolute Gasteiger partial charge is 0.387 e. The molecule has 10 heavy (non-hydrogen) atoms. The predicted molar refractivity (Wildman–Crippen MR) is 35.1 cm³/mol. The Morgan fingerprint density at radius 1 is 1.80 bits per heavy atom. The molecule has 1 heterocycles. The molecule has 0 aromatic carbocycles. The van der Waals surface area contributed by atoms with Crippen LogP contribution in [0.1, 0.15) is 13.3 Å². The van der Waals surface area contributed by atoms with E-state index >= 15 is 0 Å². The first-order chi connectivity index (χ1) is 4.67. The molecule has 3 N–H and O–H groups in total. The molecular weight excluding hydrogens is 134 g/mol. The van der Waals surface area contributed by atoms with Crippen LogP contribution in [0.2, 0.25) is 0 Å². The summed E-state index contributed by atoms with van der Waals surface area (Å²) < 4.78 is 5.04. The Morgan fingerprint density at radius 3 is 2.90 bits per heavy atom. The second-order valence-corrected chi connectivity index (χ2v) is 2.81. The number of aliphatic hydroxyl groups is 1. The van der Waals surface area contributed by atoms with Crippen molar-refractivity contribution in [2.75, 3.05) is 13.2 Å². The summed E-state index contributed by atoms with van der Waals surface area (Å²) in [6.45, 7) is 2.66. The highest BCUT2D eigenvalue weighted by atomic mass is 16.6. The molecule has 1 fully saturated rings. The number of hydrogen-bond acceptors (Lipinski definition) is 4. The first-order valence-electron chi connectivity index (χ1n) is 3.32. The summed E-state index contributed by atoms with van der Waals surface area (Å²) in [5.74, 6) is 4.94. The smallest absolute Gasteiger partial charge is 0.130 e. The first kappa shape index (κ1) is 7.94. The van der Waals surface area contributed by atoms with Crippen molar-refractivity contribution in [3.05, 3.63) is 0 Å². The molecule has 0 bridgehead atoms. The monoisotopic (exact) mass is 147 g/mol. The molecule has 4 heteroatoms. The van der Waals surface area contributed by atoms with Gasteiger partial charge in [0.2, 0.25) is 0 Å². The van der Waals surface area contributed by atoms with E-state index in [1.165, 1.54) is 0 Å². The second-order valence-electron chi connectivity index (χ2n) is 2.81. The summed E-state index contributed by atoms with van der Waals surface area (Å²) in [4.78, 5) is 4.53. The minimum atomic E-state index is -0.826. The molecule has 60 valence electrons. The van der Waals surface area contributed by atoms with Gasteiger partial charge in [-0.15, -0.1) is 0 Å². The van der Waals surface area contributed by atoms with Gasteiger partial charge in [0.1, 0.15) is 6.10 Å². The van der Waals surface area contributed by atoms with E-state index in [9.17, 15) is 5.11 Å². The summed E-state index contributed by atoms with van der Waals surface area (Å²) in [6.07, 6.45) is 0.191. The number of rotatable bonds is 1. The molecule has 1 aliphatic heterocycles. The third-order valence-corrected chi connectivity index (χ3v) is 1.88. The minimum Gasteiger partial charge on any atom is -0.387 e. The zero-order chi connectivity index (χ0) is 7.61. The Balaban J connectivity index is 2.51. The van der Waals surface area contributed by atoms with Gasteiger partial charge in [0, 0.05) is 13.0 Å². The number of ether oxygens (including phenoxy) is 1. The Labute approximate surface area is 59.9 Å². The Hall–Kier alpha value is -0.160. The molecule has 1 aliphatic rings. The highest BCUT2D eigenvalue weighted by molar-refractivity contribution is 4.85. The van der Waals surface area contributed by atoms with E-state index < -0.39 is 5.60 Å². The molecule has 2 unspecified atom stereocenters. The molecular formula is C6H13NO3. The molecule has 4 nitrogen and oxygen atoms in total. The number of hydrogen-bond donors (Lipinski definition) is 2. The van der Waals surface area contributed by atoms with Crippen LogP contribution in [0.25, 0.3) is 0 Å². The van der Waals surface area contributed by atoms with Crippen LogP contribution in [0.5, 0.6) is 0 Å². The maximum absolute atomic E-state index is 9.55. The average molecular weight is 147 g/mol. The van der Waals surface area contributed by atoms with Crippen LogP contribution < -0.4 is 5.90 Å². The van der Waals surface area contributed by atoms with E-state index in [4.69, 9.17) is 10.6 Å². The SMILES string of the molecule is CC1(O)CCOCC1ON. The van der Waals surface area contributed by atoms with Crippen LogP contribution in [-0.2, 0) is 9.57 Å². The van der Waals surface area contributed by atoms with E-state index in [1.54, 1.807) is 6.92 Å². The van der Waals surface area contributed by atoms with Gasteiger partial charge in [-0.25, -0.2) is 5.90 Å². The van der Waals surface area contributed by atoms with Gasteiger partial charge in [0.05, 0.1) is 12.2 Å². The van der Waals surface area contributed by atoms with Gasteiger partial charge in [0.25, 0.3) is 0 Å². The van der Waals surface area contributed by atoms with Gasteiger partial charge >= 0.3 is 0 Å². The summed E-state index contributed by atoms with van der Waals surface area (Å²) >= 11 is 0. The topological polar surface area (TPSA) is 64.7 Å². The van der Waals surface area contributed by atoms with E-state index in [1.807, 2.05) is 0 Å². The molecule has 1 rings (SSSR count). The van der Waals surface area contributed by atoms with Gasteiger partial charge in [0.15, 0.2) is 0 Å². The quantitative estimate of drug-likeness (QED) is 0.487. The molecule has 0 aromatic rings. The zero-order valence-electron chi connectivity index (χ0n) is 6.04. The third kappa shape index (κ3) is 1.46. The first-order valence-corrected chi connectivity index (χ1v) is 3.32. The Bertz CT molecular complexity index is 116. The molecule has 0 amide bonds. The van der Waals surface area contributed by atoms with Crippen LogP contribution in [0, 0.1) is 0 Å².